The summed E-state index contributed by atoms with van der Waals surface area (Å²) in [6.07, 6.45) is 3.88. The Balaban J connectivity index is 1.80. The Morgan fingerprint density at radius 3 is 2.68 bits per heavy atom. The summed E-state index contributed by atoms with van der Waals surface area (Å²) in [6, 6.07) is 7.24. The number of nitrogen functional groups attached to an aromatic ring is 1. The molecule has 1 aliphatic rings. The highest BCUT2D eigenvalue weighted by Crippen LogP contribution is 2.13. The third-order valence-corrected chi connectivity index (χ3v) is 3.49. The molecule has 1 amide bonds. The minimum Gasteiger partial charge on any atom is -0.351 e. The number of piperidine rings is 1. The third kappa shape index (κ3) is 3.94. The van der Waals surface area contributed by atoms with E-state index in [9.17, 15) is 4.79 Å². The first-order valence-electron chi connectivity index (χ1n) is 6.87. The van der Waals surface area contributed by atoms with Crippen molar-refractivity contribution in [2.24, 2.45) is 5.84 Å². The molecular weight excluding hydrogens is 240 g/mol. The van der Waals surface area contributed by atoms with Gasteiger partial charge in [-0.1, -0.05) is 18.6 Å². The molecule has 1 aliphatic heterocycles. The number of hydrazine groups is 1. The predicted molar refractivity (Wildman–Crippen MR) is 76.9 cm³/mol. The van der Waals surface area contributed by atoms with Crippen molar-refractivity contribution in [3.63, 3.8) is 0 Å². The number of para-hydroxylation sites is 1. The number of rotatable bonds is 5. The number of nitrogens with two attached hydrogens (primary N) is 1. The van der Waals surface area contributed by atoms with Gasteiger partial charge in [0.2, 0.25) is 0 Å². The van der Waals surface area contributed by atoms with Crippen LogP contribution in [-0.2, 0) is 0 Å². The number of hydrogen-bond acceptors (Lipinski definition) is 4. The molecule has 0 aromatic heterocycles. The van der Waals surface area contributed by atoms with E-state index in [1.807, 2.05) is 12.1 Å². The summed E-state index contributed by atoms with van der Waals surface area (Å²) in [7, 11) is 0. The predicted octanol–water partition coefficient (Wildman–Crippen LogP) is 1.19. The first-order chi connectivity index (χ1) is 9.31. The van der Waals surface area contributed by atoms with Crippen molar-refractivity contribution >= 4 is 11.6 Å². The quantitative estimate of drug-likeness (QED) is 0.550. The van der Waals surface area contributed by atoms with Crippen LogP contribution in [0.15, 0.2) is 24.3 Å². The van der Waals surface area contributed by atoms with Crippen molar-refractivity contribution in [2.45, 2.75) is 19.3 Å². The molecule has 0 unspecified atom stereocenters. The molecular formula is C14H22N4O. The maximum absolute atomic E-state index is 12.0. The summed E-state index contributed by atoms with van der Waals surface area (Å²) in [4.78, 5) is 14.4. The Morgan fingerprint density at radius 2 is 1.95 bits per heavy atom. The maximum atomic E-state index is 12.0. The van der Waals surface area contributed by atoms with Crippen LogP contribution in [0.2, 0.25) is 0 Å². The van der Waals surface area contributed by atoms with Crippen LogP contribution in [0, 0.1) is 0 Å². The summed E-state index contributed by atoms with van der Waals surface area (Å²) < 4.78 is 0. The molecule has 1 aromatic rings. The van der Waals surface area contributed by atoms with Crippen molar-refractivity contribution in [1.29, 1.82) is 0 Å². The number of nitrogens with zero attached hydrogens (tertiary/aromatic N) is 1. The largest absolute Gasteiger partial charge is 0.351 e. The van der Waals surface area contributed by atoms with Gasteiger partial charge in [0.15, 0.2) is 0 Å². The van der Waals surface area contributed by atoms with E-state index >= 15 is 0 Å². The lowest BCUT2D eigenvalue weighted by atomic mass is 10.1. The molecule has 1 fully saturated rings. The summed E-state index contributed by atoms with van der Waals surface area (Å²) in [6.45, 7) is 3.90. The molecule has 5 nitrogen and oxygen atoms in total. The third-order valence-electron chi connectivity index (χ3n) is 3.49. The van der Waals surface area contributed by atoms with Crippen molar-refractivity contribution in [3.8, 4) is 0 Å². The van der Waals surface area contributed by atoms with E-state index in [0.29, 0.717) is 17.8 Å². The van der Waals surface area contributed by atoms with E-state index in [1.165, 1.54) is 19.3 Å². The van der Waals surface area contributed by atoms with Crippen LogP contribution >= 0.6 is 0 Å². The average molecular weight is 262 g/mol. The standard InChI is InChI=1S/C14H22N4O/c15-17-13-7-3-2-6-12(13)14(19)16-8-11-18-9-4-1-5-10-18/h2-3,6-7,17H,1,4-5,8-11,15H2,(H,16,19). The van der Waals surface area contributed by atoms with Gasteiger partial charge in [-0.2, -0.15) is 0 Å². The van der Waals surface area contributed by atoms with Crippen molar-refractivity contribution in [2.75, 3.05) is 31.6 Å². The van der Waals surface area contributed by atoms with Gasteiger partial charge in [-0.05, 0) is 38.1 Å². The Hall–Kier alpha value is -1.59. The molecule has 19 heavy (non-hydrogen) atoms. The molecule has 0 atom stereocenters. The van der Waals surface area contributed by atoms with Crippen LogP contribution in [-0.4, -0.2) is 37.0 Å². The Labute approximate surface area is 114 Å². The second-order valence-corrected chi connectivity index (χ2v) is 4.85. The van der Waals surface area contributed by atoms with Crippen LogP contribution in [0.4, 0.5) is 5.69 Å². The highest BCUT2D eigenvalue weighted by Gasteiger charge is 2.12. The molecule has 0 bridgehead atoms. The highest BCUT2D eigenvalue weighted by molar-refractivity contribution is 5.99. The minimum atomic E-state index is -0.0782. The van der Waals surface area contributed by atoms with Crippen molar-refractivity contribution in [3.05, 3.63) is 29.8 Å². The topological polar surface area (TPSA) is 70.4 Å². The zero-order valence-corrected chi connectivity index (χ0v) is 11.2. The summed E-state index contributed by atoms with van der Waals surface area (Å²) in [5.41, 5.74) is 3.78. The van der Waals surface area contributed by atoms with Crippen LogP contribution in [0.1, 0.15) is 29.6 Å². The first kappa shape index (κ1) is 13.8. The lowest BCUT2D eigenvalue weighted by Crippen LogP contribution is -2.37. The molecule has 1 saturated heterocycles. The fourth-order valence-electron chi connectivity index (χ4n) is 2.41. The number of carbonyl (C=O) groups is 1. The summed E-state index contributed by atoms with van der Waals surface area (Å²) >= 11 is 0. The smallest absolute Gasteiger partial charge is 0.253 e. The van der Waals surface area contributed by atoms with Crippen LogP contribution in [0.3, 0.4) is 0 Å². The minimum absolute atomic E-state index is 0.0782. The van der Waals surface area contributed by atoms with Gasteiger partial charge in [-0.3, -0.25) is 10.6 Å². The SMILES string of the molecule is NNc1ccccc1C(=O)NCCN1CCCCC1. The molecule has 4 N–H and O–H groups in total. The van der Waals surface area contributed by atoms with E-state index < -0.39 is 0 Å². The van der Waals surface area contributed by atoms with Crippen LogP contribution < -0.4 is 16.6 Å². The number of likely N-dealkylation sites (tertiary alicyclic amines) is 1. The molecule has 1 aromatic carbocycles. The number of amides is 1. The van der Waals surface area contributed by atoms with Crippen LogP contribution in [0.25, 0.3) is 0 Å². The van der Waals surface area contributed by atoms with Gasteiger partial charge in [0.1, 0.15) is 0 Å². The van der Waals surface area contributed by atoms with Gasteiger partial charge in [0.25, 0.3) is 5.91 Å². The van der Waals surface area contributed by atoms with Gasteiger partial charge in [-0.15, -0.1) is 0 Å². The lowest BCUT2D eigenvalue weighted by Gasteiger charge is -2.26. The van der Waals surface area contributed by atoms with E-state index in [-0.39, 0.29) is 5.91 Å². The molecule has 0 spiro atoms. The van der Waals surface area contributed by atoms with Crippen LogP contribution in [0.5, 0.6) is 0 Å². The molecule has 5 heteroatoms. The van der Waals surface area contributed by atoms with E-state index in [2.05, 4.69) is 15.6 Å². The normalized spacial score (nSPS) is 16.1. The van der Waals surface area contributed by atoms with Gasteiger partial charge >= 0.3 is 0 Å². The highest BCUT2D eigenvalue weighted by atomic mass is 16.1. The molecule has 0 aliphatic carbocycles. The molecule has 1 heterocycles. The van der Waals surface area contributed by atoms with E-state index in [0.717, 1.165) is 19.6 Å². The van der Waals surface area contributed by atoms with Gasteiger partial charge in [0, 0.05) is 13.1 Å². The number of anilines is 1. The second-order valence-electron chi connectivity index (χ2n) is 4.85. The fourth-order valence-corrected chi connectivity index (χ4v) is 2.41. The number of hydrogen-bond donors (Lipinski definition) is 3. The average Bonchev–Trinajstić information content (AvgIpc) is 2.48. The molecule has 0 saturated carbocycles. The fraction of sp³-hybridized carbons (Fsp3) is 0.500. The first-order valence-corrected chi connectivity index (χ1v) is 6.87. The number of carbonyl (C=O) groups excluding carboxylic acids is 1. The zero-order valence-electron chi connectivity index (χ0n) is 11.2. The molecule has 0 radical (unpaired) electrons. The Kier molecular flexibility index (Phi) is 5.18. The second kappa shape index (κ2) is 7.11. The summed E-state index contributed by atoms with van der Waals surface area (Å²) in [5, 5.41) is 2.94. The van der Waals surface area contributed by atoms with Crippen molar-refractivity contribution in [1.82, 2.24) is 10.2 Å². The monoisotopic (exact) mass is 262 g/mol. The van der Waals surface area contributed by atoms with E-state index in [1.54, 1.807) is 12.1 Å². The Morgan fingerprint density at radius 1 is 1.21 bits per heavy atom. The number of nitrogens with one attached hydrogen (secondary N) is 2. The lowest BCUT2D eigenvalue weighted by molar-refractivity contribution is 0.0947. The summed E-state index contributed by atoms with van der Waals surface area (Å²) in [5.74, 6) is 5.32. The van der Waals surface area contributed by atoms with Crippen molar-refractivity contribution < 1.29 is 4.79 Å². The maximum Gasteiger partial charge on any atom is 0.253 e. The molecule has 2 rings (SSSR count). The number of benzene rings is 1. The Bertz CT molecular complexity index is 416. The van der Waals surface area contributed by atoms with E-state index in [4.69, 9.17) is 5.84 Å². The van der Waals surface area contributed by atoms with Gasteiger partial charge in [0.05, 0.1) is 11.3 Å². The molecule has 104 valence electrons. The zero-order chi connectivity index (χ0) is 13.5. The van der Waals surface area contributed by atoms with Gasteiger partial charge in [-0.25, -0.2) is 0 Å². The van der Waals surface area contributed by atoms with Gasteiger partial charge < -0.3 is 15.6 Å².